The number of hydrogen-bond donors (Lipinski definition) is 1. The van der Waals surface area contributed by atoms with Crippen molar-refractivity contribution in [3.05, 3.63) is 54.1 Å². The maximum absolute atomic E-state index is 12.0. The summed E-state index contributed by atoms with van der Waals surface area (Å²) in [4.78, 5) is 14.2. The van der Waals surface area contributed by atoms with Crippen LogP contribution < -0.4 is 15.0 Å². The molecule has 0 radical (unpaired) electrons. The molecule has 1 amide bonds. The molecule has 4 nitrogen and oxygen atoms in total. The molecule has 1 heterocycles. The lowest BCUT2D eigenvalue weighted by atomic mass is 10.1. The number of ether oxygens (including phenoxy) is 1. The normalized spacial score (nSPS) is 12.8. The summed E-state index contributed by atoms with van der Waals surface area (Å²) in [7, 11) is 2.09. The van der Waals surface area contributed by atoms with Gasteiger partial charge in [0, 0.05) is 31.4 Å². The molecule has 3 rings (SSSR count). The maximum Gasteiger partial charge on any atom is 0.224 e. The molecule has 0 atom stereocenters. The predicted molar refractivity (Wildman–Crippen MR) is 93.2 cm³/mol. The van der Waals surface area contributed by atoms with Crippen LogP contribution in [0.5, 0.6) is 5.75 Å². The number of fused-ring (bicyclic) bond motifs is 1. The second kappa shape index (κ2) is 7.18. The number of rotatable bonds is 6. The fourth-order valence-corrected chi connectivity index (χ4v) is 2.81. The lowest BCUT2D eigenvalue weighted by molar-refractivity contribution is -0.116. The smallest absolute Gasteiger partial charge is 0.224 e. The van der Waals surface area contributed by atoms with Crippen molar-refractivity contribution >= 4 is 17.3 Å². The highest BCUT2D eigenvalue weighted by molar-refractivity contribution is 5.91. The standard InChI is InChI=1S/C19H22N2O2/c1-21-12-11-15-14-16(9-10-18(15)21)20-19(22)8-5-13-23-17-6-3-2-4-7-17/h2-4,6-7,9-10,14H,5,8,11-13H2,1H3,(H,20,22). The van der Waals surface area contributed by atoms with E-state index in [0.29, 0.717) is 19.4 Å². The van der Waals surface area contributed by atoms with Crippen molar-refractivity contribution in [2.75, 3.05) is 30.4 Å². The van der Waals surface area contributed by atoms with E-state index in [1.165, 1.54) is 11.3 Å². The summed E-state index contributed by atoms with van der Waals surface area (Å²) in [5.41, 5.74) is 3.45. The summed E-state index contributed by atoms with van der Waals surface area (Å²) in [6.07, 6.45) is 2.21. The fraction of sp³-hybridized carbons (Fsp3) is 0.316. The Morgan fingerprint density at radius 3 is 2.87 bits per heavy atom. The lowest BCUT2D eigenvalue weighted by Gasteiger charge is -2.12. The van der Waals surface area contributed by atoms with Crippen LogP contribution in [0.4, 0.5) is 11.4 Å². The zero-order chi connectivity index (χ0) is 16.1. The van der Waals surface area contributed by atoms with Crippen LogP contribution in [0.2, 0.25) is 0 Å². The van der Waals surface area contributed by atoms with Crippen LogP contribution >= 0.6 is 0 Å². The third-order valence-electron chi connectivity index (χ3n) is 4.05. The Hall–Kier alpha value is -2.49. The number of likely N-dealkylation sites (N-methyl/N-ethyl adjacent to an activating group) is 1. The van der Waals surface area contributed by atoms with Gasteiger partial charge in [-0.25, -0.2) is 0 Å². The van der Waals surface area contributed by atoms with E-state index < -0.39 is 0 Å². The minimum Gasteiger partial charge on any atom is -0.494 e. The van der Waals surface area contributed by atoms with Gasteiger partial charge >= 0.3 is 0 Å². The molecule has 4 heteroatoms. The van der Waals surface area contributed by atoms with Gasteiger partial charge < -0.3 is 15.0 Å². The molecule has 0 unspecified atom stereocenters. The number of carbonyl (C=O) groups is 1. The van der Waals surface area contributed by atoms with E-state index in [4.69, 9.17) is 4.74 Å². The van der Waals surface area contributed by atoms with Gasteiger partial charge in [0.15, 0.2) is 0 Å². The highest BCUT2D eigenvalue weighted by Gasteiger charge is 2.15. The van der Waals surface area contributed by atoms with Crippen LogP contribution in [0, 0.1) is 0 Å². The Morgan fingerprint density at radius 2 is 2.04 bits per heavy atom. The number of benzene rings is 2. The van der Waals surface area contributed by atoms with Crippen molar-refractivity contribution in [2.24, 2.45) is 0 Å². The molecule has 1 N–H and O–H groups in total. The number of nitrogens with zero attached hydrogens (tertiary/aromatic N) is 1. The zero-order valence-corrected chi connectivity index (χ0v) is 13.4. The van der Waals surface area contributed by atoms with Crippen molar-refractivity contribution in [3.63, 3.8) is 0 Å². The van der Waals surface area contributed by atoms with Gasteiger partial charge in [0.2, 0.25) is 5.91 Å². The van der Waals surface area contributed by atoms with E-state index in [9.17, 15) is 4.79 Å². The molecule has 1 aliphatic rings. The number of para-hydroxylation sites is 1. The topological polar surface area (TPSA) is 41.6 Å². The number of hydrogen-bond acceptors (Lipinski definition) is 3. The molecule has 0 saturated heterocycles. The third kappa shape index (κ3) is 4.03. The van der Waals surface area contributed by atoms with Gasteiger partial charge in [0.1, 0.15) is 5.75 Å². The van der Waals surface area contributed by atoms with E-state index in [0.717, 1.165) is 24.4 Å². The molecule has 1 aliphatic heterocycles. The average molecular weight is 310 g/mol. The maximum atomic E-state index is 12.0. The first kappa shape index (κ1) is 15.4. The summed E-state index contributed by atoms with van der Waals surface area (Å²) in [6, 6.07) is 15.8. The zero-order valence-electron chi connectivity index (χ0n) is 13.4. The van der Waals surface area contributed by atoms with Gasteiger partial charge in [0.05, 0.1) is 6.61 Å². The number of amides is 1. The van der Waals surface area contributed by atoms with Crippen LogP contribution in [0.1, 0.15) is 18.4 Å². The first-order valence-electron chi connectivity index (χ1n) is 8.04. The summed E-state index contributed by atoms with van der Waals surface area (Å²) in [5, 5.41) is 2.97. The second-order valence-electron chi connectivity index (χ2n) is 5.83. The van der Waals surface area contributed by atoms with Gasteiger partial charge in [-0.2, -0.15) is 0 Å². The van der Waals surface area contributed by atoms with Crippen molar-refractivity contribution < 1.29 is 9.53 Å². The van der Waals surface area contributed by atoms with E-state index in [-0.39, 0.29) is 5.91 Å². The molecular formula is C19H22N2O2. The Morgan fingerprint density at radius 1 is 1.22 bits per heavy atom. The van der Waals surface area contributed by atoms with Crippen molar-refractivity contribution in [1.82, 2.24) is 0 Å². The van der Waals surface area contributed by atoms with Gasteiger partial charge in [-0.3, -0.25) is 4.79 Å². The molecular weight excluding hydrogens is 288 g/mol. The average Bonchev–Trinajstić information content (AvgIpc) is 2.93. The molecule has 0 saturated carbocycles. The lowest BCUT2D eigenvalue weighted by Crippen LogP contribution is -2.13. The number of nitrogens with one attached hydrogen (secondary N) is 1. The highest BCUT2D eigenvalue weighted by atomic mass is 16.5. The van der Waals surface area contributed by atoms with Gasteiger partial charge in [-0.15, -0.1) is 0 Å². The van der Waals surface area contributed by atoms with E-state index in [1.54, 1.807) is 0 Å². The van der Waals surface area contributed by atoms with Crippen LogP contribution in [-0.2, 0) is 11.2 Å². The Kier molecular flexibility index (Phi) is 4.81. The van der Waals surface area contributed by atoms with Crippen LogP contribution in [0.25, 0.3) is 0 Å². The Balaban J connectivity index is 1.43. The molecule has 0 spiro atoms. The molecule has 0 aromatic heterocycles. The van der Waals surface area contributed by atoms with Gasteiger partial charge in [-0.1, -0.05) is 18.2 Å². The first-order valence-corrected chi connectivity index (χ1v) is 8.04. The summed E-state index contributed by atoms with van der Waals surface area (Å²) >= 11 is 0. The van der Waals surface area contributed by atoms with Crippen LogP contribution in [0.15, 0.2) is 48.5 Å². The minimum atomic E-state index is 0.0352. The molecule has 0 bridgehead atoms. The molecule has 23 heavy (non-hydrogen) atoms. The molecule has 0 fully saturated rings. The van der Waals surface area contributed by atoms with E-state index in [1.807, 2.05) is 36.4 Å². The monoisotopic (exact) mass is 310 g/mol. The summed E-state index contributed by atoms with van der Waals surface area (Å²) < 4.78 is 5.59. The molecule has 0 aliphatic carbocycles. The fourth-order valence-electron chi connectivity index (χ4n) is 2.81. The SMILES string of the molecule is CN1CCc2cc(NC(=O)CCCOc3ccccc3)ccc21. The molecule has 2 aromatic rings. The summed E-state index contributed by atoms with van der Waals surface area (Å²) in [6.45, 7) is 1.59. The third-order valence-corrected chi connectivity index (χ3v) is 4.05. The second-order valence-corrected chi connectivity index (χ2v) is 5.83. The Bertz CT molecular complexity index is 670. The van der Waals surface area contributed by atoms with Gasteiger partial charge in [0.25, 0.3) is 0 Å². The molecule has 2 aromatic carbocycles. The quantitative estimate of drug-likeness (QED) is 0.831. The predicted octanol–water partition coefficient (Wildman–Crippen LogP) is 3.48. The minimum absolute atomic E-state index is 0.0352. The van der Waals surface area contributed by atoms with Crippen LogP contribution in [-0.4, -0.2) is 26.1 Å². The van der Waals surface area contributed by atoms with Crippen molar-refractivity contribution in [1.29, 1.82) is 0 Å². The number of carbonyl (C=O) groups excluding carboxylic acids is 1. The van der Waals surface area contributed by atoms with Crippen LogP contribution in [0.3, 0.4) is 0 Å². The van der Waals surface area contributed by atoms with E-state index >= 15 is 0 Å². The Labute approximate surface area is 137 Å². The first-order chi connectivity index (χ1) is 11.2. The highest BCUT2D eigenvalue weighted by Crippen LogP contribution is 2.29. The van der Waals surface area contributed by atoms with E-state index in [2.05, 4.69) is 29.4 Å². The van der Waals surface area contributed by atoms with Crippen molar-refractivity contribution in [2.45, 2.75) is 19.3 Å². The van der Waals surface area contributed by atoms with Gasteiger partial charge in [-0.05, 0) is 48.7 Å². The molecule has 120 valence electrons. The number of anilines is 2. The largest absolute Gasteiger partial charge is 0.494 e. The summed E-state index contributed by atoms with van der Waals surface area (Å²) in [5.74, 6) is 0.878. The van der Waals surface area contributed by atoms with Crippen molar-refractivity contribution in [3.8, 4) is 5.75 Å².